The van der Waals surface area contributed by atoms with Crippen LogP contribution in [0, 0.1) is 26.6 Å². The van der Waals surface area contributed by atoms with E-state index >= 15 is 0 Å². The molecule has 40 heavy (non-hydrogen) atoms. The van der Waals surface area contributed by atoms with Crippen LogP contribution in [0.3, 0.4) is 0 Å². The summed E-state index contributed by atoms with van der Waals surface area (Å²) in [5.74, 6) is -0.139. The van der Waals surface area contributed by atoms with Gasteiger partial charge in [0.25, 0.3) is 0 Å². The first-order chi connectivity index (χ1) is 19.2. The number of carbonyl (C=O) groups is 2. The van der Waals surface area contributed by atoms with Crippen LogP contribution in [0.5, 0.6) is 11.5 Å². The number of ether oxygens (including phenoxy) is 3. The lowest BCUT2D eigenvalue weighted by Gasteiger charge is -2.23. The molecule has 0 radical (unpaired) electrons. The van der Waals surface area contributed by atoms with E-state index in [0.717, 1.165) is 27.8 Å². The Labute approximate surface area is 235 Å². The summed E-state index contributed by atoms with van der Waals surface area (Å²) in [6.45, 7) is 8.98. The van der Waals surface area contributed by atoms with Crippen LogP contribution in [0.2, 0.25) is 0 Å². The highest BCUT2D eigenvalue weighted by atomic mass is 19.1. The summed E-state index contributed by atoms with van der Waals surface area (Å²) < 4.78 is 30.2. The topological polar surface area (TPSA) is 85.3 Å². The number of benzene rings is 3. The van der Waals surface area contributed by atoms with Crippen LogP contribution in [0.4, 0.5) is 9.18 Å². The van der Waals surface area contributed by atoms with Crippen molar-refractivity contribution in [2.75, 3.05) is 26.3 Å². The molecule has 1 atom stereocenters. The Kier molecular flexibility index (Phi) is 11.5. The van der Waals surface area contributed by atoms with Crippen molar-refractivity contribution in [1.82, 2.24) is 4.90 Å². The fraction of sp³-hybridized carbons (Fsp3) is 0.375. The van der Waals surface area contributed by atoms with Crippen LogP contribution in [0.15, 0.2) is 60.7 Å². The summed E-state index contributed by atoms with van der Waals surface area (Å²) in [4.78, 5) is 26.2. The van der Waals surface area contributed by atoms with E-state index in [-0.39, 0.29) is 18.8 Å². The second-order valence-electron chi connectivity index (χ2n) is 9.77. The molecule has 0 spiro atoms. The Morgan fingerprint density at radius 2 is 1.55 bits per heavy atom. The zero-order valence-electron chi connectivity index (χ0n) is 23.6. The monoisotopic (exact) mass is 551 g/mol. The van der Waals surface area contributed by atoms with Crippen LogP contribution < -0.4 is 9.47 Å². The molecule has 0 aliphatic rings. The zero-order valence-corrected chi connectivity index (χ0v) is 23.6. The number of aliphatic carboxylic acids is 1. The van der Waals surface area contributed by atoms with E-state index in [9.17, 15) is 19.1 Å². The van der Waals surface area contributed by atoms with Gasteiger partial charge < -0.3 is 24.2 Å². The fourth-order valence-electron chi connectivity index (χ4n) is 4.25. The standard InChI is InChI=1S/C32H38FNO6/c1-5-38-30(31(35)36)21-26-10-14-28(15-11-26)39-18-17-34(16-6-7-25-8-12-27(33)13-9-25)32(37)40-29-20-23(3)22(2)19-24(29)4/h8-15,19-20,30H,5-7,16-18,21H2,1-4H3,(H,35,36). The second kappa shape index (κ2) is 15.0. The lowest BCUT2D eigenvalue weighted by Crippen LogP contribution is -2.37. The summed E-state index contributed by atoms with van der Waals surface area (Å²) >= 11 is 0. The third kappa shape index (κ3) is 9.38. The molecule has 0 aliphatic heterocycles. The lowest BCUT2D eigenvalue weighted by atomic mass is 10.1. The number of halogens is 1. The minimum Gasteiger partial charge on any atom is -0.492 e. The van der Waals surface area contributed by atoms with Gasteiger partial charge >= 0.3 is 12.1 Å². The van der Waals surface area contributed by atoms with E-state index in [0.29, 0.717) is 44.0 Å². The van der Waals surface area contributed by atoms with Gasteiger partial charge in [-0.05, 0) is 98.7 Å². The summed E-state index contributed by atoms with van der Waals surface area (Å²) in [6, 6.07) is 17.4. The Morgan fingerprint density at radius 1 is 0.900 bits per heavy atom. The lowest BCUT2D eigenvalue weighted by molar-refractivity contribution is -0.149. The highest BCUT2D eigenvalue weighted by Gasteiger charge is 2.19. The molecule has 0 fully saturated rings. The van der Waals surface area contributed by atoms with Gasteiger partial charge in [-0.3, -0.25) is 0 Å². The first kappa shape index (κ1) is 30.6. The molecule has 0 aromatic heterocycles. The Bertz CT molecular complexity index is 1260. The highest BCUT2D eigenvalue weighted by molar-refractivity contribution is 5.73. The van der Waals surface area contributed by atoms with E-state index in [1.165, 1.54) is 12.1 Å². The molecule has 7 nitrogen and oxygen atoms in total. The largest absolute Gasteiger partial charge is 0.492 e. The molecular formula is C32H38FNO6. The average molecular weight is 552 g/mol. The van der Waals surface area contributed by atoms with Crippen molar-refractivity contribution in [3.63, 3.8) is 0 Å². The van der Waals surface area contributed by atoms with E-state index in [2.05, 4.69) is 0 Å². The molecule has 0 aliphatic carbocycles. The van der Waals surface area contributed by atoms with Crippen LogP contribution in [0.25, 0.3) is 0 Å². The third-order valence-electron chi connectivity index (χ3n) is 6.67. The maximum atomic E-state index is 13.2. The number of carboxylic acid groups (broad SMARTS) is 1. The van der Waals surface area contributed by atoms with Gasteiger partial charge in [0.15, 0.2) is 6.10 Å². The quantitative estimate of drug-likeness (QED) is 0.253. The van der Waals surface area contributed by atoms with Crippen LogP contribution >= 0.6 is 0 Å². The average Bonchev–Trinajstić information content (AvgIpc) is 2.92. The van der Waals surface area contributed by atoms with E-state index < -0.39 is 18.2 Å². The van der Waals surface area contributed by atoms with Crippen LogP contribution in [0.1, 0.15) is 41.2 Å². The number of amides is 1. The number of hydrogen-bond donors (Lipinski definition) is 1. The summed E-state index contributed by atoms with van der Waals surface area (Å²) in [5, 5.41) is 9.30. The van der Waals surface area contributed by atoms with Crippen LogP contribution in [-0.2, 0) is 22.4 Å². The van der Waals surface area contributed by atoms with Gasteiger partial charge in [-0.2, -0.15) is 0 Å². The van der Waals surface area contributed by atoms with Gasteiger partial charge in [0.1, 0.15) is 23.9 Å². The molecule has 3 aromatic carbocycles. The second-order valence-corrected chi connectivity index (χ2v) is 9.77. The Balaban J connectivity index is 1.61. The van der Waals surface area contributed by atoms with Crippen molar-refractivity contribution in [2.45, 2.75) is 53.1 Å². The molecule has 1 amide bonds. The van der Waals surface area contributed by atoms with Crippen molar-refractivity contribution < 1.29 is 33.3 Å². The van der Waals surface area contributed by atoms with Gasteiger partial charge in [0, 0.05) is 19.6 Å². The minimum absolute atomic E-state index is 0.244. The number of carboxylic acids is 1. The molecule has 0 saturated heterocycles. The number of aryl methyl sites for hydroxylation is 4. The van der Waals surface area contributed by atoms with E-state index in [1.54, 1.807) is 36.1 Å². The van der Waals surface area contributed by atoms with E-state index in [1.807, 2.05) is 45.0 Å². The smallest absolute Gasteiger partial charge is 0.415 e. The predicted octanol–water partition coefficient (Wildman–Crippen LogP) is 6.30. The highest BCUT2D eigenvalue weighted by Crippen LogP contribution is 2.23. The molecule has 0 saturated carbocycles. The van der Waals surface area contributed by atoms with Crippen molar-refractivity contribution in [2.24, 2.45) is 0 Å². The summed E-state index contributed by atoms with van der Waals surface area (Å²) in [7, 11) is 0. The molecule has 3 aromatic rings. The minimum atomic E-state index is -0.996. The first-order valence-corrected chi connectivity index (χ1v) is 13.5. The van der Waals surface area contributed by atoms with E-state index in [4.69, 9.17) is 14.2 Å². The van der Waals surface area contributed by atoms with Gasteiger partial charge in [0.2, 0.25) is 0 Å². The van der Waals surface area contributed by atoms with Gasteiger partial charge in [-0.1, -0.05) is 30.3 Å². The SMILES string of the molecule is CCOC(Cc1ccc(OCCN(CCCc2ccc(F)cc2)C(=O)Oc2cc(C)c(C)cc2C)cc1)C(=O)O. The molecule has 0 bridgehead atoms. The summed E-state index contributed by atoms with van der Waals surface area (Å²) in [5.41, 5.74) is 4.87. The van der Waals surface area contributed by atoms with Gasteiger partial charge in [0.05, 0.1) is 6.54 Å². The Hall–Kier alpha value is -3.91. The number of hydrogen-bond acceptors (Lipinski definition) is 5. The van der Waals surface area contributed by atoms with Gasteiger partial charge in [-0.15, -0.1) is 0 Å². The number of carbonyl (C=O) groups excluding carboxylic acids is 1. The molecule has 0 heterocycles. The summed E-state index contributed by atoms with van der Waals surface area (Å²) in [6.07, 6.45) is 0.266. The van der Waals surface area contributed by atoms with Crippen molar-refractivity contribution in [3.05, 3.63) is 94.3 Å². The zero-order chi connectivity index (χ0) is 29.1. The van der Waals surface area contributed by atoms with Crippen molar-refractivity contribution in [3.8, 4) is 11.5 Å². The maximum absolute atomic E-state index is 13.2. The third-order valence-corrected chi connectivity index (χ3v) is 6.67. The predicted molar refractivity (Wildman–Crippen MR) is 152 cm³/mol. The molecule has 214 valence electrons. The normalized spacial score (nSPS) is 11.6. The fourth-order valence-corrected chi connectivity index (χ4v) is 4.25. The number of nitrogens with zero attached hydrogens (tertiary/aromatic N) is 1. The molecule has 8 heteroatoms. The Morgan fingerprint density at radius 3 is 2.20 bits per heavy atom. The first-order valence-electron chi connectivity index (χ1n) is 13.5. The van der Waals surface area contributed by atoms with Crippen molar-refractivity contribution >= 4 is 12.1 Å². The molecule has 1 N–H and O–H groups in total. The molecule has 3 rings (SSSR count). The maximum Gasteiger partial charge on any atom is 0.415 e. The molecule has 1 unspecified atom stereocenters. The van der Waals surface area contributed by atoms with Crippen LogP contribution in [-0.4, -0.2) is 54.5 Å². The van der Waals surface area contributed by atoms with Crippen molar-refractivity contribution in [1.29, 1.82) is 0 Å². The van der Waals surface area contributed by atoms with Gasteiger partial charge in [-0.25, -0.2) is 14.0 Å². The number of rotatable bonds is 14. The molecular weight excluding hydrogens is 513 g/mol.